The van der Waals surface area contributed by atoms with E-state index in [1.165, 1.54) is 11.8 Å². The van der Waals surface area contributed by atoms with Gasteiger partial charge in [0.15, 0.2) is 0 Å². The van der Waals surface area contributed by atoms with Crippen molar-refractivity contribution in [1.29, 1.82) is 0 Å². The van der Waals surface area contributed by atoms with Crippen LogP contribution in [0, 0.1) is 6.92 Å². The average Bonchev–Trinajstić information content (AvgIpc) is 2.61. The van der Waals surface area contributed by atoms with Crippen molar-refractivity contribution in [1.82, 2.24) is 10.2 Å². The maximum Gasteiger partial charge on any atom is 0.235 e. The smallest absolute Gasteiger partial charge is 0.235 e. The molecule has 2 rings (SSSR count). The minimum atomic E-state index is -0.214. The van der Waals surface area contributed by atoms with Crippen LogP contribution >= 0.6 is 24.2 Å². The zero-order chi connectivity index (χ0) is 17.5. The molecule has 0 radical (unpaired) electrons. The quantitative estimate of drug-likeness (QED) is 0.790. The summed E-state index contributed by atoms with van der Waals surface area (Å²) < 4.78 is 0. The van der Waals surface area contributed by atoms with Gasteiger partial charge in [0.2, 0.25) is 11.8 Å². The number of thioether (sulfide) groups is 1. The van der Waals surface area contributed by atoms with Gasteiger partial charge in [-0.2, -0.15) is 0 Å². The first-order valence-electron chi connectivity index (χ1n) is 8.43. The number of carbonyl (C=O) groups is 2. The third-order valence-electron chi connectivity index (χ3n) is 4.35. The Morgan fingerprint density at radius 2 is 1.88 bits per heavy atom. The lowest BCUT2D eigenvalue weighted by Crippen LogP contribution is -2.46. The number of halogens is 1. The van der Waals surface area contributed by atoms with Crippen molar-refractivity contribution < 1.29 is 9.59 Å². The molecule has 2 amide bonds. The topological polar surface area (TPSA) is 61.4 Å². The van der Waals surface area contributed by atoms with Crippen molar-refractivity contribution in [3.63, 3.8) is 0 Å². The molecule has 1 aliphatic rings. The van der Waals surface area contributed by atoms with E-state index in [1.807, 2.05) is 50.1 Å². The van der Waals surface area contributed by atoms with Gasteiger partial charge >= 0.3 is 0 Å². The van der Waals surface area contributed by atoms with E-state index in [2.05, 4.69) is 10.6 Å². The largest absolute Gasteiger partial charge is 0.342 e. The highest BCUT2D eigenvalue weighted by Gasteiger charge is 2.26. The Hall–Kier alpha value is -1.24. The van der Waals surface area contributed by atoms with Gasteiger partial charge < -0.3 is 15.5 Å². The molecular weight excluding hydrogens is 358 g/mol. The average molecular weight is 386 g/mol. The summed E-state index contributed by atoms with van der Waals surface area (Å²) in [5.74, 6) is 0.309. The molecule has 140 valence electrons. The van der Waals surface area contributed by atoms with E-state index >= 15 is 0 Å². The monoisotopic (exact) mass is 385 g/mol. The summed E-state index contributed by atoms with van der Waals surface area (Å²) in [6.07, 6.45) is 1.99. The van der Waals surface area contributed by atoms with Gasteiger partial charge in [0.1, 0.15) is 0 Å². The molecule has 0 aromatic heterocycles. The molecule has 5 nitrogen and oxygen atoms in total. The lowest BCUT2D eigenvalue weighted by atomic mass is 10.1. The van der Waals surface area contributed by atoms with Gasteiger partial charge in [-0.15, -0.1) is 24.2 Å². The first kappa shape index (κ1) is 21.8. The Morgan fingerprint density at radius 3 is 2.48 bits per heavy atom. The molecule has 1 heterocycles. The Bertz CT molecular complexity index is 562. The molecule has 1 aromatic carbocycles. The van der Waals surface area contributed by atoms with Gasteiger partial charge in [0.25, 0.3) is 0 Å². The number of aryl methyl sites for hydroxylation is 1. The maximum atomic E-state index is 12.5. The van der Waals surface area contributed by atoms with Gasteiger partial charge in [-0.05, 0) is 51.9 Å². The first-order valence-corrected chi connectivity index (χ1v) is 9.47. The second-order valence-electron chi connectivity index (χ2n) is 6.30. The van der Waals surface area contributed by atoms with Crippen LogP contribution in [0.15, 0.2) is 24.3 Å². The van der Waals surface area contributed by atoms with Crippen molar-refractivity contribution in [2.24, 2.45) is 0 Å². The van der Waals surface area contributed by atoms with Crippen LogP contribution in [-0.2, 0) is 9.59 Å². The van der Waals surface area contributed by atoms with Gasteiger partial charge in [-0.3, -0.25) is 9.59 Å². The van der Waals surface area contributed by atoms with E-state index in [0.717, 1.165) is 37.2 Å². The lowest BCUT2D eigenvalue weighted by Gasteiger charge is -2.33. The summed E-state index contributed by atoms with van der Waals surface area (Å²) in [6, 6.07) is 8.00. The van der Waals surface area contributed by atoms with Crippen molar-refractivity contribution in [2.45, 2.75) is 38.0 Å². The summed E-state index contributed by atoms with van der Waals surface area (Å²) in [4.78, 5) is 26.4. The number of anilines is 1. The molecule has 7 heteroatoms. The van der Waals surface area contributed by atoms with Crippen molar-refractivity contribution in [3.8, 4) is 0 Å². The predicted molar refractivity (Wildman–Crippen MR) is 108 cm³/mol. The Morgan fingerprint density at radius 1 is 1.28 bits per heavy atom. The van der Waals surface area contributed by atoms with E-state index in [0.29, 0.717) is 6.04 Å². The molecule has 1 fully saturated rings. The van der Waals surface area contributed by atoms with Gasteiger partial charge in [0.05, 0.1) is 11.0 Å². The second-order valence-corrected chi connectivity index (χ2v) is 7.63. The minimum absolute atomic E-state index is 0. The molecule has 1 aromatic rings. The van der Waals surface area contributed by atoms with E-state index < -0.39 is 0 Å². The summed E-state index contributed by atoms with van der Waals surface area (Å²) in [7, 11) is 1.88. The van der Waals surface area contributed by atoms with Crippen molar-refractivity contribution in [3.05, 3.63) is 29.8 Å². The molecular formula is C18H28ClN3O2S. The molecule has 1 saturated heterocycles. The number of piperidine rings is 1. The molecule has 25 heavy (non-hydrogen) atoms. The van der Waals surface area contributed by atoms with Gasteiger partial charge in [-0.25, -0.2) is 0 Å². The molecule has 2 N–H and O–H groups in total. The van der Waals surface area contributed by atoms with E-state index in [-0.39, 0.29) is 35.2 Å². The zero-order valence-electron chi connectivity index (χ0n) is 15.1. The number of nitrogens with one attached hydrogen (secondary N) is 2. The fourth-order valence-electron chi connectivity index (χ4n) is 2.77. The van der Waals surface area contributed by atoms with Crippen LogP contribution in [0.1, 0.15) is 25.3 Å². The van der Waals surface area contributed by atoms with Crippen LogP contribution in [0.5, 0.6) is 0 Å². The SMILES string of the molecule is Cc1ccc(NC(=O)CSC(C)C(=O)N(C)C2CCNCC2)cc1.Cl. The van der Waals surface area contributed by atoms with E-state index in [1.54, 1.807) is 0 Å². The maximum absolute atomic E-state index is 12.5. The number of rotatable bonds is 6. The van der Waals surface area contributed by atoms with Crippen LogP contribution in [0.25, 0.3) is 0 Å². The Labute approximate surface area is 160 Å². The molecule has 0 saturated carbocycles. The number of benzene rings is 1. The molecule has 1 unspecified atom stereocenters. The third-order valence-corrected chi connectivity index (χ3v) is 5.48. The molecule has 0 aliphatic carbocycles. The van der Waals surface area contributed by atoms with Gasteiger partial charge in [-0.1, -0.05) is 17.7 Å². The summed E-state index contributed by atoms with van der Waals surface area (Å²) in [6.45, 7) is 5.81. The number of carbonyl (C=O) groups excluding carboxylic acids is 2. The van der Waals surface area contributed by atoms with Crippen LogP contribution in [0.3, 0.4) is 0 Å². The van der Waals surface area contributed by atoms with Crippen molar-refractivity contribution >= 4 is 41.7 Å². The highest BCUT2D eigenvalue weighted by Crippen LogP contribution is 2.18. The third kappa shape index (κ3) is 6.88. The Balaban J connectivity index is 0.00000312. The fraction of sp³-hybridized carbons (Fsp3) is 0.556. The highest BCUT2D eigenvalue weighted by molar-refractivity contribution is 8.01. The fourth-order valence-corrected chi connectivity index (χ4v) is 3.55. The van der Waals surface area contributed by atoms with Crippen LogP contribution in [0.4, 0.5) is 5.69 Å². The molecule has 0 spiro atoms. The number of hydrogen-bond acceptors (Lipinski definition) is 4. The van der Waals surface area contributed by atoms with E-state index in [9.17, 15) is 9.59 Å². The highest BCUT2D eigenvalue weighted by atomic mass is 35.5. The second kappa shape index (κ2) is 10.7. The molecule has 0 bridgehead atoms. The standard InChI is InChI=1S/C18H27N3O2S.ClH/c1-13-4-6-15(7-5-13)20-17(22)12-24-14(2)18(23)21(3)16-8-10-19-11-9-16;/h4-7,14,16,19H,8-12H2,1-3H3,(H,20,22);1H. The molecule has 1 atom stereocenters. The lowest BCUT2D eigenvalue weighted by molar-refractivity contribution is -0.131. The number of amides is 2. The van der Waals surface area contributed by atoms with E-state index in [4.69, 9.17) is 0 Å². The normalized spacial score (nSPS) is 15.8. The van der Waals surface area contributed by atoms with Crippen LogP contribution in [0.2, 0.25) is 0 Å². The zero-order valence-corrected chi connectivity index (χ0v) is 16.7. The predicted octanol–water partition coefficient (Wildman–Crippen LogP) is 2.69. The number of nitrogens with zero attached hydrogens (tertiary/aromatic N) is 1. The minimum Gasteiger partial charge on any atom is -0.342 e. The summed E-state index contributed by atoms with van der Waals surface area (Å²) in [5.41, 5.74) is 1.94. The van der Waals surface area contributed by atoms with Gasteiger partial charge in [0, 0.05) is 18.8 Å². The first-order chi connectivity index (χ1) is 11.5. The summed E-state index contributed by atoms with van der Waals surface area (Å²) in [5, 5.41) is 5.96. The van der Waals surface area contributed by atoms with Crippen LogP contribution in [-0.4, -0.2) is 53.9 Å². The number of hydrogen-bond donors (Lipinski definition) is 2. The van der Waals surface area contributed by atoms with Crippen molar-refractivity contribution in [2.75, 3.05) is 31.2 Å². The Kier molecular flexibility index (Phi) is 9.32. The summed E-state index contributed by atoms with van der Waals surface area (Å²) >= 11 is 1.39. The molecule has 1 aliphatic heterocycles. The van der Waals surface area contributed by atoms with Crippen LogP contribution < -0.4 is 10.6 Å².